The van der Waals surface area contributed by atoms with E-state index in [0.29, 0.717) is 25.8 Å². The molecule has 7 amide bonds. The number of cyclic esters (lactones) is 1. The average Bonchev–Trinajstić information content (AvgIpc) is 3.19. The van der Waals surface area contributed by atoms with Gasteiger partial charge in [-0.3, -0.25) is 38.6 Å². The lowest BCUT2D eigenvalue weighted by Gasteiger charge is -2.31. The summed E-state index contributed by atoms with van der Waals surface area (Å²) >= 11 is 0. The van der Waals surface area contributed by atoms with Crippen molar-refractivity contribution in [3.05, 3.63) is 0 Å². The molecule has 0 aromatic carbocycles. The maximum atomic E-state index is 14.0. The Morgan fingerprint density at radius 1 is 0.698 bits per heavy atom. The molecule has 1 saturated heterocycles. The lowest BCUT2D eigenvalue weighted by Crippen LogP contribution is -2.63. The highest BCUT2D eigenvalue weighted by Crippen LogP contribution is 2.15. The number of aliphatic hydroxyl groups excluding tert-OH is 2. The summed E-state index contributed by atoms with van der Waals surface area (Å²) in [6, 6.07) is -8.97. The SMILES string of the molecule is CCC(C)C1NC(=O)C(C(C)C)NC(=O)C(NC(=O)CC(O)CCCCCCCCCCCCN=C(N)N)C(C)OC(=O)C(C)NC(=O)C(CC(N)=O)NC(=O)C(C(C)O)NC1=O. The summed E-state index contributed by atoms with van der Waals surface area (Å²) in [7, 11) is 0. The van der Waals surface area contributed by atoms with E-state index in [2.05, 4.69) is 36.9 Å². The van der Waals surface area contributed by atoms with Gasteiger partial charge >= 0.3 is 5.97 Å². The first kappa shape index (κ1) is 56.0. The molecule has 1 aliphatic rings. The predicted octanol–water partition coefficient (Wildman–Crippen LogP) is -0.866. The number of aliphatic hydroxyl groups is 2. The Morgan fingerprint density at radius 2 is 1.21 bits per heavy atom. The van der Waals surface area contributed by atoms with Crippen molar-refractivity contribution in [2.75, 3.05) is 6.54 Å². The molecule has 0 aromatic rings. The van der Waals surface area contributed by atoms with Gasteiger partial charge in [0.2, 0.25) is 41.4 Å². The van der Waals surface area contributed by atoms with Crippen molar-refractivity contribution in [2.45, 2.75) is 193 Å². The van der Waals surface area contributed by atoms with Crippen LogP contribution in [-0.2, 0) is 43.1 Å². The van der Waals surface area contributed by atoms with E-state index in [1.54, 1.807) is 27.7 Å². The summed E-state index contributed by atoms with van der Waals surface area (Å²) in [4.78, 5) is 111. The summed E-state index contributed by atoms with van der Waals surface area (Å²) < 4.78 is 5.54. The van der Waals surface area contributed by atoms with E-state index < -0.39 is 120 Å². The van der Waals surface area contributed by atoms with Crippen molar-refractivity contribution in [3.8, 4) is 0 Å². The Kier molecular flexibility index (Phi) is 26.1. The number of esters is 1. The summed E-state index contributed by atoms with van der Waals surface area (Å²) in [5, 5.41) is 36.0. The van der Waals surface area contributed by atoms with Crippen LogP contribution in [0.3, 0.4) is 0 Å². The first-order valence-electron chi connectivity index (χ1n) is 22.3. The Balaban J connectivity index is 3.23. The second kappa shape index (κ2) is 29.3. The molecule has 10 unspecified atom stereocenters. The zero-order valence-corrected chi connectivity index (χ0v) is 38.2. The predicted molar refractivity (Wildman–Crippen MR) is 235 cm³/mol. The van der Waals surface area contributed by atoms with E-state index in [9.17, 15) is 48.6 Å². The minimum absolute atomic E-state index is 0.112. The fraction of sp³-hybridized carbons (Fsp3) is 0.786. The highest BCUT2D eigenvalue weighted by molar-refractivity contribution is 5.98. The number of unbranched alkanes of at least 4 members (excludes halogenated alkanes) is 9. The van der Waals surface area contributed by atoms with Gasteiger partial charge in [-0.25, -0.2) is 4.79 Å². The minimum atomic E-state index is -1.68. The molecule has 0 bridgehead atoms. The average molecular weight is 897 g/mol. The summed E-state index contributed by atoms with van der Waals surface area (Å²) in [6.07, 6.45) is 5.68. The van der Waals surface area contributed by atoms with Gasteiger partial charge in [-0.05, 0) is 45.4 Å². The van der Waals surface area contributed by atoms with Gasteiger partial charge in [0.05, 0.1) is 25.0 Å². The topological polar surface area (TPSA) is 349 Å². The fourth-order valence-electron chi connectivity index (χ4n) is 6.83. The number of hydrogen-bond donors (Lipinski definition) is 11. The van der Waals surface area contributed by atoms with Crippen LogP contribution >= 0.6 is 0 Å². The van der Waals surface area contributed by atoms with Crippen molar-refractivity contribution in [1.82, 2.24) is 31.9 Å². The molecule has 360 valence electrons. The smallest absolute Gasteiger partial charge is 0.328 e. The van der Waals surface area contributed by atoms with E-state index in [1.165, 1.54) is 20.8 Å². The Labute approximate surface area is 371 Å². The first-order chi connectivity index (χ1) is 29.6. The summed E-state index contributed by atoms with van der Waals surface area (Å²) in [5.41, 5.74) is 16.0. The third kappa shape index (κ3) is 21.7. The van der Waals surface area contributed by atoms with Gasteiger partial charge in [0, 0.05) is 6.54 Å². The van der Waals surface area contributed by atoms with Gasteiger partial charge in [0.15, 0.2) is 5.96 Å². The van der Waals surface area contributed by atoms with Crippen LogP contribution in [-0.4, -0.2) is 125 Å². The quantitative estimate of drug-likeness (QED) is 0.0273. The molecule has 10 atom stereocenters. The lowest BCUT2D eigenvalue weighted by molar-refractivity contribution is -0.155. The van der Waals surface area contributed by atoms with Crippen molar-refractivity contribution < 1.29 is 53.3 Å². The normalized spacial score (nSPS) is 24.7. The minimum Gasteiger partial charge on any atom is -0.458 e. The van der Waals surface area contributed by atoms with Crippen molar-refractivity contribution in [3.63, 3.8) is 0 Å². The molecule has 21 nitrogen and oxygen atoms in total. The van der Waals surface area contributed by atoms with Crippen molar-refractivity contribution in [1.29, 1.82) is 0 Å². The molecule has 0 saturated carbocycles. The molecule has 0 spiro atoms. The second-order valence-corrected chi connectivity index (χ2v) is 17.0. The molecule has 0 radical (unpaired) electrons. The molecule has 0 aliphatic carbocycles. The number of carbonyl (C=O) groups is 8. The zero-order valence-electron chi connectivity index (χ0n) is 38.2. The van der Waals surface area contributed by atoms with Gasteiger partial charge in [0.25, 0.3) is 0 Å². The second-order valence-electron chi connectivity index (χ2n) is 17.0. The van der Waals surface area contributed by atoms with Crippen LogP contribution in [0.4, 0.5) is 0 Å². The Bertz CT molecular complexity index is 1540. The standard InChI is InChI=1S/C42H76N10O11/c1-8-24(4)33-38(59)52-34(26(6)53)39(60)48-29(22-30(43)55)36(57)47-25(5)41(62)63-27(7)35(40(61)50-32(23(2)3)37(58)51-33)49-31(56)21-28(54)19-17-15-13-11-9-10-12-14-16-18-20-46-42(44)45/h23-29,32-35,53-54H,8-22H2,1-7H3,(H2,43,55)(H,47,57)(H,48,60)(H,49,56)(H,50,61)(H,51,58)(H,52,59)(H4,44,45,46). The highest BCUT2D eigenvalue weighted by atomic mass is 16.5. The van der Waals surface area contributed by atoms with E-state index >= 15 is 0 Å². The number of aliphatic imine (C=N–C) groups is 1. The monoisotopic (exact) mass is 897 g/mol. The maximum absolute atomic E-state index is 14.0. The van der Waals surface area contributed by atoms with Gasteiger partial charge in [-0.2, -0.15) is 0 Å². The number of hydrogen-bond acceptors (Lipinski definition) is 12. The molecule has 0 aromatic heterocycles. The largest absolute Gasteiger partial charge is 0.458 e. The van der Waals surface area contributed by atoms with Crippen LogP contribution < -0.4 is 49.1 Å². The van der Waals surface area contributed by atoms with Crippen LogP contribution in [0.1, 0.15) is 138 Å². The van der Waals surface area contributed by atoms with E-state index in [1.807, 2.05) is 0 Å². The molecule has 1 fully saturated rings. The molecule has 21 heteroatoms. The van der Waals surface area contributed by atoms with Crippen LogP contribution in [0.2, 0.25) is 0 Å². The fourth-order valence-corrected chi connectivity index (χ4v) is 6.83. The zero-order chi connectivity index (χ0) is 47.8. The summed E-state index contributed by atoms with van der Waals surface area (Å²) in [5.74, 6) is -8.53. The van der Waals surface area contributed by atoms with E-state index in [0.717, 1.165) is 57.8 Å². The summed E-state index contributed by atoms with van der Waals surface area (Å²) in [6.45, 7) is 11.1. The first-order valence-corrected chi connectivity index (χ1v) is 22.3. The van der Waals surface area contributed by atoms with Crippen molar-refractivity contribution >= 4 is 53.3 Å². The molecule has 14 N–H and O–H groups in total. The van der Waals surface area contributed by atoms with Crippen LogP contribution in [0, 0.1) is 11.8 Å². The number of carbonyl (C=O) groups excluding carboxylic acids is 8. The number of rotatable bonds is 22. The number of guanidine groups is 1. The molecule has 1 rings (SSSR count). The number of amides is 7. The number of nitrogens with one attached hydrogen (secondary N) is 6. The molecular formula is C42H76N10O11. The van der Waals surface area contributed by atoms with Crippen LogP contribution in [0.5, 0.6) is 0 Å². The molecule has 1 aliphatic heterocycles. The van der Waals surface area contributed by atoms with E-state index in [-0.39, 0.29) is 12.4 Å². The maximum Gasteiger partial charge on any atom is 0.328 e. The molecular weight excluding hydrogens is 821 g/mol. The Hall–Kier alpha value is -5.05. The molecule has 1 heterocycles. The van der Waals surface area contributed by atoms with Gasteiger partial charge in [0.1, 0.15) is 42.4 Å². The van der Waals surface area contributed by atoms with Gasteiger partial charge in [-0.15, -0.1) is 0 Å². The van der Waals surface area contributed by atoms with Crippen LogP contribution in [0.25, 0.3) is 0 Å². The number of nitrogens with two attached hydrogens (primary N) is 3. The van der Waals surface area contributed by atoms with Gasteiger partial charge < -0.3 is 64.1 Å². The van der Waals surface area contributed by atoms with E-state index in [4.69, 9.17) is 21.9 Å². The number of nitrogens with zero attached hydrogens (tertiary/aromatic N) is 1. The Morgan fingerprint density at radius 3 is 1.73 bits per heavy atom. The lowest BCUT2D eigenvalue weighted by atomic mass is 9.95. The third-order valence-corrected chi connectivity index (χ3v) is 10.9. The van der Waals surface area contributed by atoms with Crippen molar-refractivity contribution in [2.24, 2.45) is 34.0 Å². The number of ether oxygens (including phenoxy) is 1. The highest BCUT2D eigenvalue weighted by Gasteiger charge is 2.39. The number of primary amides is 1. The molecule has 63 heavy (non-hydrogen) atoms. The third-order valence-electron chi connectivity index (χ3n) is 10.9. The van der Waals surface area contributed by atoms with Gasteiger partial charge in [-0.1, -0.05) is 91.9 Å². The van der Waals surface area contributed by atoms with Crippen LogP contribution in [0.15, 0.2) is 4.99 Å².